The number of rotatable bonds is 7. The number of halogens is 1. The molecule has 0 aliphatic carbocycles. The Morgan fingerprint density at radius 2 is 2.20 bits per heavy atom. The molecule has 0 atom stereocenters. The second-order valence-electron chi connectivity index (χ2n) is 4.65. The highest BCUT2D eigenvalue weighted by atomic mass is 127. The Morgan fingerprint density at radius 1 is 1.50 bits per heavy atom. The first-order valence-electron chi connectivity index (χ1n) is 6.21. The molecule has 0 unspecified atom stereocenters. The highest BCUT2D eigenvalue weighted by Crippen LogP contribution is 2.19. The second-order valence-corrected chi connectivity index (χ2v) is 5.81. The lowest BCUT2D eigenvalue weighted by atomic mass is 10.2. The molecule has 1 rings (SSSR count). The van der Waals surface area contributed by atoms with Gasteiger partial charge in [-0.25, -0.2) is 0 Å². The van der Waals surface area contributed by atoms with Crippen LogP contribution in [-0.2, 0) is 4.74 Å². The minimum atomic E-state index is -0.515. The van der Waals surface area contributed by atoms with Gasteiger partial charge in [0.25, 0.3) is 11.6 Å². The van der Waals surface area contributed by atoms with Gasteiger partial charge in [0.05, 0.1) is 17.1 Å². The van der Waals surface area contributed by atoms with E-state index in [1.54, 1.807) is 6.07 Å². The number of nitrogens with zero attached hydrogens (tertiary/aromatic N) is 1. The molecule has 110 valence electrons. The van der Waals surface area contributed by atoms with Crippen molar-refractivity contribution in [2.75, 3.05) is 19.8 Å². The van der Waals surface area contributed by atoms with E-state index >= 15 is 0 Å². The summed E-state index contributed by atoms with van der Waals surface area (Å²) in [5.41, 5.74) is 0.218. The Balaban J connectivity index is 2.55. The molecule has 0 radical (unpaired) electrons. The molecular formula is C13H17IN2O4. The molecule has 0 saturated carbocycles. The van der Waals surface area contributed by atoms with Crippen LogP contribution in [0.25, 0.3) is 0 Å². The average Bonchev–Trinajstić information content (AvgIpc) is 2.37. The Bertz CT molecular complexity index is 491. The minimum Gasteiger partial charge on any atom is -0.379 e. The van der Waals surface area contributed by atoms with E-state index in [0.717, 1.165) is 0 Å². The first-order chi connectivity index (χ1) is 9.41. The van der Waals surface area contributed by atoms with E-state index in [0.29, 0.717) is 34.8 Å². The van der Waals surface area contributed by atoms with Gasteiger partial charge in [-0.1, -0.05) is 13.8 Å². The fraction of sp³-hybridized carbons (Fsp3) is 0.462. The summed E-state index contributed by atoms with van der Waals surface area (Å²) < 4.78 is 6.02. The standard InChI is InChI=1S/C13H17IN2O4/c1-9(2)8-20-6-5-15-13(17)11-7-10(16(18)19)3-4-12(11)14/h3-4,7,9H,5-6,8H2,1-2H3,(H,15,17). The molecule has 0 heterocycles. The number of hydrogen-bond donors (Lipinski definition) is 1. The number of nitro groups is 1. The molecular weight excluding hydrogens is 375 g/mol. The van der Waals surface area contributed by atoms with Gasteiger partial charge in [-0.2, -0.15) is 0 Å². The fourth-order valence-corrected chi connectivity index (χ4v) is 2.03. The summed E-state index contributed by atoms with van der Waals surface area (Å²) in [5.74, 6) is 0.120. The lowest BCUT2D eigenvalue weighted by molar-refractivity contribution is -0.384. The van der Waals surface area contributed by atoms with Crippen molar-refractivity contribution in [3.05, 3.63) is 37.4 Å². The smallest absolute Gasteiger partial charge is 0.270 e. The van der Waals surface area contributed by atoms with Crippen LogP contribution in [0.1, 0.15) is 24.2 Å². The summed E-state index contributed by atoms with van der Waals surface area (Å²) in [4.78, 5) is 22.1. The fourth-order valence-electron chi connectivity index (χ4n) is 1.45. The Labute approximate surface area is 131 Å². The van der Waals surface area contributed by atoms with Crippen LogP contribution in [0, 0.1) is 19.6 Å². The molecule has 7 heteroatoms. The van der Waals surface area contributed by atoms with Crippen LogP contribution in [0.3, 0.4) is 0 Å². The Kier molecular flexibility index (Phi) is 6.86. The summed E-state index contributed by atoms with van der Waals surface area (Å²) in [6.07, 6.45) is 0. The van der Waals surface area contributed by atoms with Crippen molar-refractivity contribution in [3.8, 4) is 0 Å². The Morgan fingerprint density at radius 3 is 2.80 bits per heavy atom. The van der Waals surface area contributed by atoms with Crippen LogP contribution < -0.4 is 5.32 Å². The maximum Gasteiger partial charge on any atom is 0.270 e. The normalized spacial score (nSPS) is 10.6. The van der Waals surface area contributed by atoms with Gasteiger partial charge in [0, 0.05) is 28.9 Å². The lowest BCUT2D eigenvalue weighted by Crippen LogP contribution is -2.28. The van der Waals surface area contributed by atoms with Gasteiger partial charge < -0.3 is 10.1 Å². The SMILES string of the molecule is CC(C)COCCNC(=O)c1cc([N+](=O)[O-])ccc1I. The zero-order valence-electron chi connectivity index (χ0n) is 11.4. The van der Waals surface area contributed by atoms with E-state index in [1.165, 1.54) is 12.1 Å². The van der Waals surface area contributed by atoms with Crippen molar-refractivity contribution in [2.24, 2.45) is 5.92 Å². The van der Waals surface area contributed by atoms with Crippen molar-refractivity contribution in [1.82, 2.24) is 5.32 Å². The number of benzene rings is 1. The lowest BCUT2D eigenvalue weighted by Gasteiger charge is -2.09. The van der Waals surface area contributed by atoms with Crippen molar-refractivity contribution in [1.29, 1.82) is 0 Å². The van der Waals surface area contributed by atoms with Gasteiger partial charge in [-0.15, -0.1) is 0 Å². The van der Waals surface area contributed by atoms with Crippen molar-refractivity contribution in [3.63, 3.8) is 0 Å². The minimum absolute atomic E-state index is 0.0911. The largest absolute Gasteiger partial charge is 0.379 e. The van der Waals surface area contributed by atoms with Crippen LogP contribution in [0.15, 0.2) is 18.2 Å². The average molecular weight is 392 g/mol. The second kappa shape index (κ2) is 8.15. The van der Waals surface area contributed by atoms with Crippen LogP contribution in [0.2, 0.25) is 0 Å². The molecule has 0 saturated heterocycles. The molecule has 1 aromatic carbocycles. The third-order valence-corrected chi connectivity index (χ3v) is 3.33. The van der Waals surface area contributed by atoms with Crippen LogP contribution in [-0.4, -0.2) is 30.6 Å². The molecule has 0 fully saturated rings. The van der Waals surface area contributed by atoms with Crippen LogP contribution >= 0.6 is 22.6 Å². The van der Waals surface area contributed by atoms with E-state index in [-0.39, 0.29) is 11.6 Å². The first-order valence-corrected chi connectivity index (χ1v) is 7.29. The molecule has 0 bridgehead atoms. The zero-order chi connectivity index (χ0) is 15.1. The molecule has 0 aliphatic rings. The summed E-state index contributed by atoms with van der Waals surface area (Å²) >= 11 is 1.98. The number of nitro benzene ring substituents is 1. The molecule has 0 aliphatic heterocycles. The zero-order valence-corrected chi connectivity index (χ0v) is 13.5. The van der Waals surface area contributed by atoms with Gasteiger partial charge in [-0.3, -0.25) is 14.9 Å². The quantitative estimate of drug-likeness (QED) is 0.335. The summed E-state index contributed by atoms with van der Waals surface area (Å²) in [5, 5.41) is 13.4. The van der Waals surface area contributed by atoms with E-state index in [4.69, 9.17) is 4.74 Å². The molecule has 1 amide bonds. The number of amides is 1. The third-order valence-electron chi connectivity index (χ3n) is 2.39. The highest BCUT2D eigenvalue weighted by molar-refractivity contribution is 14.1. The number of nitrogens with one attached hydrogen (secondary N) is 1. The van der Waals surface area contributed by atoms with Crippen LogP contribution in [0.4, 0.5) is 5.69 Å². The van der Waals surface area contributed by atoms with Gasteiger partial charge in [0.2, 0.25) is 0 Å². The van der Waals surface area contributed by atoms with E-state index in [2.05, 4.69) is 5.32 Å². The number of non-ortho nitro benzene ring substituents is 1. The monoisotopic (exact) mass is 392 g/mol. The number of hydrogen-bond acceptors (Lipinski definition) is 4. The molecule has 1 N–H and O–H groups in total. The first kappa shape index (κ1) is 16.8. The topological polar surface area (TPSA) is 81.5 Å². The summed E-state index contributed by atoms with van der Waals surface area (Å²) in [6.45, 7) is 5.54. The summed E-state index contributed by atoms with van der Waals surface area (Å²) in [7, 11) is 0. The number of carbonyl (C=O) groups excluding carboxylic acids is 1. The number of carbonyl (C=O) groups is 1. The van der Waals surface area contributed by atoms with Crippen LogP contribution in [0.5, 0.6) is 0 Å². The molecule has 6 nitrogen and oxygen atoms in total. The Hall–Kier alpha value is -1.22. The van der Waals surface area contributed by atoms with Crippen molar-refractivity contribution in [2.45, 2.75) is 13.8 Å². The molecule has 1 aromatic rings. The highest BCUT2D eigenvalue weighted by Gasteiger charge is 2.15. The third kappa shape index (κ3) is 5.41. The number of ether oxygens (including phenoxy) is 1. The van der Waals surface area contributed by atoms with Crippen molar-refractivity contribution >= 4 is 34.2 Å². The molecule has 0 spiro atoms. The van der Waals surface area contributed by atoms with Gasteiger partial charge in [-0.05, 0) is 34.6 Å². The predicted molar refractivity (Wildman–Crippen MR) is 83.8 cm³/mol. The van der Waals surface area contributed by atoms with Gasteiger partial charge in [0.1, 0.15) is 0 Å². The maximum atomic E-state index is 11.9. The van der Waals surface area contributed by atoms with E-state index in [9.17, 15) is 14.9 Å². The van der Waals surface area contributed by atoms with Gasteiger partial charge >= 0.3 is 0 Å². The van der Waals surface area contributed by atoms with Gasteiger partial charge in [0.15, 0.2) is 0 Å². The molecule has 20 heavy (non-hydrogen) atoms. The van der Waals surface area contributed by atoms with E-state index < -0.39 is 4.92 Å². The van der Waals surface area contributed by atoms with E-state index in [1.807, 2.05) is 36.4 Å². The summed E-state index contributed by atoms with van der Waals surface area (Å²) in [6, 6.07) is 4.22. The molecule has 0 aromatic heterocycles. The predicted octanol–water partition coefficient (Wildman–Crippen LogP) is 2.60. The van der Waals surface area contributed by atoms with Crippen molar-refractivity contribution < 1.29 is 14.5 Å². The maximum absolute atomic E-state index is 11.9.